The molecule has 0 bridgehead atoms. The molecule has 2 aromatic rings. The fourth-order valence-electron chi connectivity index (χ4n) is 2.00. The average Bonchev–Trinajstić information content (AvgIpc) is 2.80. The van der Waals surface area contributed by atoms with E-state index in [1.54, 1.807) is 30.5 Å². The number of aliphatic carboxylic acids is 1. The van der Waals surface area contributed by atoms with Crippen molar-refractivity contribution >= 4 is 27.3 Å². The van der Waals surface area contributed by atoms with Gasteiger partial charge in [-0.3, -0.25) is 4.79 Å². The van der Waals surface area contributed by atoms with Crippen LogP contribution in [0.2, 0.25) is 0 Å². The monoisotopic (exact) mass is 340 g/mol. The maximum Gasteiger partial charge on any atom is 0.326 e. The molecule has 22 heavy (non-hydrogen) atoms. The first-order chi connectivity index (χ1) is 10.3. The van der Waals surface area contributed by atoms with Crippen LogP contribution in [0.25, 0.3) is 0 Å². The summed E-state index contributed by atoms with van der Waals surface area (Å²) in [7, 11) is -3.81. The van der Waals surface area contributed by atoms with Gasteiger partial charge in [-0.1, -0.05) is 29.8 Å². The molecule has 0 aliphatic heterocycles. The summed E-state index contributed by atoms with van der Waals surface area (Å²) in [6, 6.07) is 5.42. The number of carboxylic acid groups (broad SMARTS) is 1. The third-order valence-corrected chi connectivity index (χ3v) is 5.02. The summed E-state index contributed by atoms with van der Waals surface area (Å²) in [5.74, 6) is -1.59. The normalized spacial score (nSPS) is 13.0. The summed E-state index contributed by atoms with van der Waals surface area (Å²) in [6.07, 6.45) is 0. The third kappa shape index (κ3) is 4.36. The van der Waals surface area contributed by atoms with E-state index in [-0.39, 0.29) is 5.75 Å². The summed E-state index contributed by atoms with van der Waals surface area (Å²) >= 11 is 1.35. The highest BCUT2D eigenvalue weighted by Crippen LogP contribution is 2.18. The van der Waals surface area contributed by atoms with E-state index in [1.807, 2.05) is 13.0 Å². The van der Waals surface area contributed by atoms with E-state index >= 15 is 0 Å². The minimum absolute atomic E-state index is 0.340. The van der Waals surface area contributed by atoms with Crippen LogP contribution in [-0.2, 0) is 20.6 Å². The molecule has 0 aliphatic carbocycles. The van der Waals surface area contributed by atoms with Crippen LogP contribution in [0.4, 0.5) is 0 Å². The number of carboxylic acids is 1. The average molecular weight is 340 g/mol. The molecule has 1 atom stereocenters. The minimum atomic E-state index is -3.81. The largest absolute Gasteiger partial charge is 0.480 e. The van der Waals surface area contributed by atoms with Gasteiger partial charge in [-0.15, -0.1) is 11.3 Å². The number of aryl methyl sites for hydroxylation is 2. The minimum Gasteiger partial charge on any atom is -0.480 e. The van der Waals surface area contributed by atoms with E-state index in [4.69, 9.17) is 0 Å². The number of sulfonamides is 1. The molecule has 0 radical (unpaired) electrons. The standard InChI is InChI=1S/C14H16N2O4S2/c1-9-4-3-5-11(6-9)13(14(17)18)16-22(19,20)8-12-7-21-10(2)15-12/h3-7,13,16H,8H2,1-2H3,(H,17,18). The number of thiazole rings is 1. The lowest BCUT2D eigenvalue weighted by atomic mass is 10.1. The second kappa shape index (κ2) is 6.55. The first kappa shape index (κ1) is 16.6. The van der Waals surface area contributed by atoms with Gasteiger partial charge in [-0.2, -0.15) is 4.72 Å². The Bertz CT molecular complexity index is 784. The zero-order valence-corrected chi connectivity index (χ0v) is 13.7. The van der Waals surface area contributed by atoms with Crippen molar-refractivity contribution in [2.24, 2.45) is 0 Å². The van der Waals surface area contributed by atoms with Crippen molar-refractivity contribution in [1.29, 1.82) is 0 Å². The van der Waals surface area contributed by atoms with E-state index in [0.29, 0.717) is 11.3 Å². The van der Waals surface area contributed by atoms with Gasteiger partial charge in [-0.05, 0) is 19.4 Å². The molecule has 1 aromatic carbocycles. The SMILES string of the molecule is Cc1cccc(C(NS(=O)(=O)Cc2csc(C)n2)C(=O)O)c1. The summed E-state index contributed by atoms with van der Waals surface area (Å²) in [4.78, 5) is 15.5. The predicted molar refractivity (Wildman–Crippen MR) is 84.2 cm³/mol. The fraction of sp³-hybridized carbons (Fsp3) is 0.286. The number of nitrogens with one attached hydrogen (secondary N) is 1. The number of hydrogen-bond acceptors (Lipinski definition) is 5. The molecule has 2 rings (SSSR count). The molecule has 0 fully saturated rings. The number of nitrogens with zero attached hydrogens (tertiary/aromatic N) is 1. The Balaban J connectivity index is 2.22. The lowest BCUT2D eigenvalue weighted by Crippen LogP contribution is -2.34. The summed E-state index contributed by atoms with van der Waals surface area (Å²) in [5, 5.41) is 11.7. The topological polar surface area (TPSA) is 96.4 Å². The van der Waals surface area contributed by atoms with Crippen molar-refractivity contribution in [2.45, 2.75) is 25.6 Å². The first-order valence-corrected chi connectivity index (χ1v) is 9.00. The molecule has 0 saturated carbocycles. The number of rotatable bonds is 6. The molecule has 0 amide bonds. The summed E-state index contributed by atoms with van der Waals surface area (Å²) in [6.45, 7) is 3.59. The van der Waals surface area contributed by atoms with E-state index in [2.05, 4.69) is 9.71 Å². The molecule has 118 valence electrons. The molecule has 0 spiro atoms. The zero-order valence-electron chi connectivity index (χ0n) is 12.1. The van der Waals surface area contributed by atoms with Gasteiger partial charge in [0.25, 0.3) is 0 Å². The summed E-state index contributed by atoms with van der Waals surface area (Å²) < 4.78 is 26.6. The molecule has 1 heterocycles. The van der Waals surface area contributed by atoms with E-state index in [0.717, 1.165) is 10.6 Å². The highest BCUT2D eigenvalue weighted by molar-refractivity contribution is 7.88. The van der Waals surface area contributed by atoms with Crippen molar-refractivity contribution in [1.82, 2.24) is 9.71 Å². The number of hydrogen-bond donors (Lipinski definition) is 2. The van der Waals surface area contributed by atoms with E-state index < -0.39 is 22.0 Å². The Kier molecular flexibility index (Phi) is 4.94. The summed E-state index contributed by atoms with van der Waals surface area (Å²) in [5.41, 5.74) is 1.66. The van der Waals surface area contributed by atoms with Crippen molar-refractivity contribution < 1.29 is 18.3 Å². The lowest BCUT2D eigenvalue weighted by molar-refractivity contribution is -0.139. The number of benzene rings is 1. The van der Waals surface area contributed by atoms with Gasteiger partial charge >= 0.3 is 5.97 Å². The fourth-order valence-corrected chi connectivity index (χ4v) is 3.94. The van der Waals surface area contributed by atoms with Crippen LogP contribution in [0.3, 0.4) is 0 Å². The molecule has 2 N–H and O–H groups in total. The van der Waals surface area contributed by atoms with Gasteiger partial charge in [0.05, 0.1) is 10.7 Å². The molecular formula is C14H16N2O4S2. The molecule has 8 heteroatoms. The Morgan fingerprint density at radius 1 is 1.41 bits per heavy atom. The molecule has 0 aliphatic rings. The van der Waals surface area contributed by atoms with Crippen LogP contribution in [0, 0.1) is 13.8 Å². The van der Waals surface area contributed by atoms with Crippen molar-refractivity contribution in [3.63, 3.8) is 0 Å². The third-order valence-electron chi connectivity index (χ3n) is 2.92. The van der Waals surface area contributed by atoms with Crippen LogP contribution >= 0.6 is 11.3 Å². The number of carbonyl (C=O) groups is 1. The van der Waals surface area contributed by atoms with Crippen LogP contribution in [-0.4, -0.2) is 24.5 Å². The molecule has 1 unspecified atom stereocenters. The van der Waals surface area contributed by atoms with Gasteiger partial charge in [-0.25, -0.2) is 13.4 Å². The van der Waals surface area contributed by atoms with Crippen LogP contribution in [0.15, 0.2) is 29.6 Å². The van der Waals surface area contributed by atoms with Gasteiger partial charge in [0.1, 0.15) is 11.8 Å². The Morgan fingerprint density at radius 3 is 2.68 bits per heavy atom. The quantitative estimate of drug-likeness (QED) is 0.838. The van der Waals surface area contributed by atoms with Gasteiger partial charge < -0.3 is 5.11 Å². The highest BCUT2D eigenvalue weighted by atomic mass is 32.2. The lowest BCUT2D eigenvalue weighted by Gasteiger charge is -2.15. The van der Waals surface area contributed by atoms with Gasteiger partial charge in [0.2, 0.25) is 10.0 Å². The van der Waals surface area contributed by atoms with Gasteiger partial charge in [0, 0.05) is 5.38 Å². The highest BCUT2D eigenvalue weighted by Gasteiger charge is 2.26. The first-order valence-electron chi connectivity index (χ1n) is 6.47. The second-order valence-electron chi connectivity index (χ2n) is 4.92. The molecule has 6 nitrogen and oxygen atoms in total. The predicted octanol–water partition coefficient (Wildman–Crippen LogP) is 2.01. The smallest absolute Gasteiger partial charge is 0.326 e. The van der Waals surface area contributed by atoms with Crippen molar-refractivity contribution in [2.75, 3.05) is 0 Å². The number of aromatic nitrogens is 1. The molecular weight excluding hydrogens is 324 g/mol. The van der Waals surface area contributed by atoms with Crippen LogP contribution in [0.5, 0.6) is 0 Å². The van der Waals surface area contributed by atoms with Crippen LogP contribution in [0.1, 0.15) is 27.9 Å². The van der Waals surface area contributed by atoms with Crippen molar-refractivity contribution in [3.05, 3.63) is 51.5 Å². The second-order valence-corrected chi connectivity index (χ2v) is 7.74. The van der Waals surface area contributed by atoms with Gasteiger partial charge in [0.15, 0.2) is 0 Å². The maximum absolute atomic E-state index is 12.2. The maximum atomic E-state index is 12.2. The molecule has 1 aromatic heterocycles. The zero-order chi connectivity index (χ0) is 16.3. The Morgan fingerprint density at radius 2 is 2.14 bits per heavy atom. The van der Waals surface area contributed by atoms with Crippen molar-refractivity contribution in [3.8, 4) is 0 Å². The Hall–Kier alpha value is -1.77. The Labute approximate surface area is 132 Å². The molecule has 0 saturated heterocycles. The van der Waals surface area contributed by atoms with Crippen LogP contribution < -0.4 is 4.72 Å². The van der Waals surface area contributed by atoms with E-state index in [1.165, 1.54) is 11.3 Å². The van der Waals surface area contributed by atoms with E-state index in [9.17, 15) is 18.3 Å².